The van der Waals surface area contributed by atoms with Crippen LogP contribution in [0, 0.1) is 0 Å². The van der Waals surface area contributed by atoms with Gasteiger partial charge in [0, 0.05) is 5.69 Å². The van der Waals surface area contributed by atoms with E-state index < -0.39 is 0 Å². The summed E-state index contributed by atoms with van der Waals surface area (Å²) in [6.07, 6.45) is 1.66. The summed E-state index contributed by atoms with van der Waals surface area (Å²) in [5, 5.41) is 1.33. The van der Waals surface area contributed by atoms with Crippen molar-refractivity contribution in [2.24, 2.45) is 0 Å². The summed E-state index contributed by atoms with van der Waals surface area (Å²) in [6.45, 7) is 0. The minimum atomic E-state index is 0.540. The molecule has 0 atom stereocenters. The third kappa shape index (κ3) is 2.48. The van der Waals surface area contributed by atoms with E-state index in [1.165, 1.54) is 11.8 Å². The Balaban J connectivity index is 1.87. The largest absolute Gasteiger partial charge is 0.495 e. The molecule has 96 valence electrons. The highest BCUT2D eigenvalue weighted by molar-refractivity contribution is 7.99. The number of rotatable bonds is 3. The molecule has 0 unspecified atom stereocenters. The molecule has 0 radical (unpaired) electrons. The quantitative estimate of drug-likeness (QED) is 0.739. The molecule has 0 spiro atoms. The fraction of sp³-hybridized carbons (Fsp3) is 0.0769. The first-order chi connectivity index (χ1) is 9.24. The van der Waals surface area contributed by atoms with Crippen LogP contribution >= 0.6 is 11.8 Å². The van der Waals surface area contributed by atoms with E-state index in [-0.39, 0.29) is 0 Å². The predicted octanol–water partition coefficient (Wildman–Crippen LogP) is 2.96. The smallest absolute Gasteiger partial charge is 0.263 e. The first-order valence-corrected chi connectivity index (χ1v) is 6.40. The molecule has 0 saturated heterocycles. The Morgan fingerprint density at radius 2 is 2.16 bits per heavy atom. The fourth-order valence-corrected chi connectivity index (χ4v) is 2.30. The number of hydrogen-bond donors (Lipinski definition) is 1. The van der Waals surface area contributed by atoms with Gasteiger partial charge in [0.1, 0.15) is 16.3 Å². The molecule has 0 amide bonds. The highest BCUT2D eigenvalue weighted by Crippen LogP contribution is 2.29. The van der Waals surface area contributed by atoms with Gasteiger partial charge in [-0.15, -0.1) is 0 Å². The Morgan fingerprint density at radius 3 is 2.89 bits per heavy atom. The third-order valence-corrected chi connectivity index (χ3v) is 3.33. The van der Waals surface area contributed by atoms with Crippen molar-refractivity contribution in [3.63, 3.8) is 0 Å². The number of nitrogen functional groups attached to an aromatic ring is 1. The molecular formula is C13H11N3O2S. The van der Waals surface area contributed by atoms with Crippen LogP contribution in [-0.2, 0) is 0 Å². The van der Waals surface area contributed by atoms with Crippen molar-refractivity contribution in [2.45, 2.75) is 10.2 Å². The second-order valence-corrected chi connectivity index (χ2v) is 4.82. The van der Waals surface area contributed by atoms with Gasteiger partial charge in [0.15, 0.2) is 5.58 Å². The molecule has 6 heteroatoms. The zero-order chi connectivity index (χ0) is 13.2. The minimum absolute atomic E-state index is 0.540. The SMILES string of the molecule is COc1ccc(Sc2nc3cc(N)ccc3o2)nc1. The van der Waals surface area contributed by atoms with E-state index in [9.17, 15) is 0 Å². The van der Waals surface area contributed by atoms with Crippen LogP contribution in [0.15, 0.2) is 51.2 Å². The van der Waals surface area contributed by atoms with Crippen LogP contribution in [0.25, 0.3) is 11.1 Å². The number of hydrogen-bond acceptors (Lipinski definition) is 6. The molecule has 19 heavy (non-hydrogen) atoms. The van der Waals surface area contributed by atoms with Gasteiger partial charge in [0.2, 0.25) is 0 Å². The molecule has 0 aliphatic rings. The molecular weight excluding hydrogens is 262 g/mol. The van der Waals surface area contributed by atoms with Crippen LogP contribution in [0.2, 0.25) is 0 Å². The van der Waals surface area contributed by atoms with Crippen molar-refractivity contribution in [2.75, 3.05) is 12.8 Å². The molecule has 1 aromatic carbocycles. The average molecular weight is 273 g/mol. The van der Waals surface area contributed by atoms with Gasteiger partial charge in [-0.3, -0.25) is 0 Å². The van der Waals surface area contributed by atoms with Crippen molar-refractivity contribution in [1.29, 1.82) is 0 Å². The van der Waals surface area contributed by atoms with Gasteiger partial charge >= 0.3 is 0 Å². The Morgan fingerprint density at radius 1 is 1.26 bits per heavy atom. The van der Waals surface area contributed by atoms with Crippen molar-refractivity contribution >= 4 is 28.5 Å². The van der Waals surface area contributed by atoms with Gasteiger partial charge in [0.25, 0.3) is 5.22 Å². The number of anilines is 1. The highest BCUT2D eigenvalue weighted by Gasteiger charge is 2.08. The van der Waals surface area contributed by atoms with Gasteiger partial charge in [-0.05, 0) is 42.1 Å². The number of aromatic nitrogens is 2. The molecule has 0 bridgehead atoms. The standard InChI is InChI=1S/C13H11N3O2S/c1-17-9-3-5-12(15-7-9)19-13-16-10-6-8(14)2-4-11(10)18-13/h2-7H,14H2,1H3. The summed E-state index contributed by atoms with van der Waals surface area (Å²) < 4.78 is 10.7. The zero-order valence-electron chi connectivity index (χ0n) is 10.2. The lowest BCUT2D eigenvalue weighted by Crippen LogP contribution is -1.85. The van der Waals surface area contributed by atoms with Crippen molar-refractivity contribution < 1.29 is 9.15 Å². The summed E-state index contributed by atoms with van der Waals surface area (Å²) in [7, 11) is 1.61. The number of oxazole rings is 1. The summed E-state index contributed by atoms with van der Waals surface area (Å²) >= 11 is 1.35. The molecule has 5 nitrogen and oxygen atoms in total. The highest BCUT2D eigenvalue weighted by atomic mass is 32.2. The summed E-state index contributed by atoms with van der Waals surface area (Å²) in [5.74, 6) is 0.717. The van der Waals surface area contributed by atoms with Crippen LogP contribution < -0.4 is 10.5 Å². The van der Waals surface area contributed by atoms with Gasteiger partial charge in [-0.1, -0.05) is 0 Å². The van der Waals surface area contributed by atoms with Gasteiger partial charge in [0.05, 0.1) is 13.3 Å². The van der Waals surface area contributed by atoms with Crippen LogP contribution in [0.1, 0.15) is 0 Å². The van der Waals surface area contributed by atoms with E-state index >= 15 is 0 Å². The monoisotopic (exact) mass is 273 g/mol. The molecule has 3 rings (SSSR count). The Hall–Kier alpha value is -2.21. The van der Waals surface area contributed by atoms with Crippen molar-refractivity contribution in [3.8, 4) is 5.75 Å². The molecule has 2 aromatic heterocycles. The Bertz CT molecular complexity index is 709. The second kappa shape index (κ2) is 4.81. The lowest BCUT2D eigenvalue weighted by Gasteiger charge is -1.99. The lowest BCUT2D eigenvalue weighted by molar-refractivity contribution is 0.412. The van der Waals surface area contributed by atoms with Crippen LogP contribution in [0.3, 0.4) is 0 Å². The molecule has 3 aromatic rings. The normalized spacial score (nSPS) is 10.8. The van der Waals surface area contributed by atoms with E-state index in [0.717, 1.165) is 16.3 Å². The molecule has 0 aliphatic carbocycles. The second-order valence-electron chi connectivity index (χ2n) is 3.85. The van der Waals surface area contributed by atoms with E-state index in [1.807, 2.05) is 18.2 Å². The molecule has 0 aliphatic heterocycles. The maximum atomic E-state index is 5.70. The third-order valence-electron chi connectivity index (χ3n) is 2.53. The average Bonchev–Trinajstić information content (AvgIpc) is 2.81. The van der Waals surface area contributed by atoms with Gasteiger partial charge in [-0.2, -0.15) is 0 Å². The van der Waals surface area contributed by atoms with Crippen molar-refractivity contribution in [1.82, 2.24) is 9.97 Å². The number of pyridine rings is 1. The van der Waals surface area contributed by atoms with Crippen LogP contribution in [0.5, 0.6) is 5.75 Å². The van der Waals surface area contributed by atoms with E-state index in [1.54, 1.807) is 25.4 Å². The first-order valence-electron chi connectivity index (χ1n) is 5.58. The molecule has 2 N–H and O–H groups in total. The Kier molecular flexibility index (Phi) is 3.00. The number of benzene rings is 1. The van der Waals surface area contributed by atoms with Gasteiger partial charge < -0.3 is 14.9 Å². The van der Waals surface area contributed by atoms with Crippen molar-refractivity contribution in [3.05, 3.63) is 36.5 Å². The number of fused-ring (bicyclic) bond motifs is 1. The molecule has 0 saturated carbocycles. The topological polar surface area (TPSA) is 74.2 Å². The molecule has 2 heterocycles. The van der Waals surface area contributed by atoms with E-state index in [2.05, 4.69) is 9.97 Å². The number of ether oxygens (including phenoxy) is 1. The van der Waals surface area contributed by atoms with E-state index in [4.69, 9.17) is 14.9 Å². The fourth-order valence-electron chi connectivity index (χ4n) is 1.60. The van der Waals surface area contributed by atoms with Crippen LogP contribution in [0.4, 0.5) is 5.69 Å². The minimum Gasteiger partial charge on any atom is -0.495 e. The maximum Gasteiger partial charge on any atom is 0.263 e. The zero-order valence-corrected chi connectivity index (χ0v) is 11.0. The van der Waals surface area contributed by atoms with Gasteiger partial charge in [-0.25, -0.2) is 9.97 Å². The summed E-state index contributed by atoms with van der Waals surface area (Å²) in [4.78, 5) is 8.60. The summed E-state index contributed by atoms with van der Waals surface area (Å²) in [6, 6.07) is 9.07. The lowest BCUT2D eigenvalue weighted by atomic mass is 10.3. The maximum absolute atomic E-state index is 5.70. The van der Waals surface area contributed by atoms with Crippen LogP contribution in [-0.4, -0.2) is 17.1 Å². The number of methoxy groups -OCH3 is 1. The number of nitrogens with two attached hydrogens (primary N) is 1. The summed E-state index contributed by atoms with van der Waals surface area (Å²) in [5.41, 5.74) is 7.83. The van der Waals surface area contributed by atoms with E-state index in [0.29, 0.717) is 16.5 Å². The Labute approximate surface area is 113 Å². The molecule has 0 fully saturated rings. The predicted molar refractivity (Wildman–Crippen MR) is 73.3 cm³/mol. The first kappa shape index (κ1) is 11.9. The number of nitrogens with zero attached hydrogens (tertiary/aromatic N) is 2.